The van der Waals surface area contributed by atoms with Gasteiger partial charge in [-0.1, -0.05) is 59.5 Å². The molecule has 7 heteroatoms. The molecule has 25 heavy (non-hydrogen) atoms. The number of fused-ring (bicyclic) bond motifs is 2. The second kappa shape index (κ2) is 4.69. The Morgan fingerprint density at radius 2 is 1.16 bits per heavy atom. The summed E-state index contributed by atoms with van der Waals surface area (Å²) in [6.45, 7) is -0.626. The molecule has 2 spiro atoms. The molecule has 2 aromatic rings. The van der Waals surface area contributed by atoms with Crippen LogP contribution in [-0.4, -0.2) is 61.1 Å². The van der Waals surface area contributed by atoms with Crippen LogP contribution in [0.1, 0.15) is 11.1 Å². The highest BCUT2D eigenvalue weighted by Crippen LogP contribution is 2.30. The molecule has 4 aliphatic rings. The van der Waals surface area contributed by atoms with Crippen molar-refractivity contribution in [3.05, 3.63) is 59.7 Å². The van der Waals surface area contributed by atoms with E-state index >= 15 is 0 Å². The third-order valence-corrected chi connectivity index (χ3v) is 6.02. The molecular formula is C18H18B2N2O3. The lowest BCUT2D eigenvalue weighted by Crippen LogP contribution is -2.69. The highest BCUT2D eigenvalue weighted by molar-refractivity contribution is 6.89. The van der Waals surface area contributed by atoms with Gasteiger partial charge in [-0.05, 0) is 0 Å². The van der Waals surface area contributed by atoms with Crippen LogP contribution in [0.15, 0.2) is 48.5 Å². The van der Waals surface area contributed by atoms with E-state index < -0.39 is 13.4 Å². The lowest BCUT2D eigenvalue weighted by atomic mass is 9.55. The lowest BCUT2D eigenvalue weighted by molar-refractivity contribution is -0.413. The zero-order valence-corrected chi connectivity index (χ0v) is 13.9. The van der Waals surface area contributed by atoms with Crippen LogP contribution < -0.4 is 10.9 Å². The van der Waals surface area contributed by atoms with Crippen LogP contribution in [-0.2, 0) is 13.9 Å². The van der Waals surface area contributed by atoms with E-state index in [0.29, 0.717) is 13.2 Å². The molecule has 2 fully saturated rings. The molecule has 124 valence electrons. The van der Waals surface area contributed by atoms with Crippen molar-refractivity contribution in [2.75, 3.05) is 26.3 Å². The predicted molar refractivity (Wildman–Crippen MR) is 97.2 cm³/mol. The second-order valence-electron chi connectivity index (χ2n) is 7.21. The first-order valence-corrected chi connectivity index (χ1v) is 8.99. The maximum atomic E-state index is 6.92. The van der Waals surface area contributed by atoms with E-state index in [-0.39, 0.29) is 0 Å². The SMILES string of the molecule is C1=[N+]2CCO[B-]23O[B-]2(OCC[N+]2=Cc2ccccc23)c2ccccc21. The average molecular weight is 332 g/mol. The molecule has 2 unspecified atom stereocenters. The van der Waals surface area contributed by atoms with E-state index in [0.717, 1.165) is 35.1 Å². The first-order chi connectivity index (χ1) is 12.3. The van der Waals surface area contributed by atoms with E-state index in [2.05, 4.69) is 69.9 Å². The summed E-state index contributed by atoms with van der Waals surface area (Å²) in [5.41, 5.74) is 4.50. The Hall–Kier alpha value is -2.21. The van der Waals surface area contributed by atoms with Crippen molar-refractivity contribution in [3.8, 4) is 0 Å². The molecule has 2 bridgehead atoms. The van der Waals surface area contributed by atoms with E-state index in [1.807, 2.05) is 0 Å². The van der Waals surface area contributed by atoms with Gasteiger partial charge in [-0.15, -0.1) is 0 Å². The van der Waals surface area contributed by atoms with Crippen molar-refractivity contribution in [3.63, 3.8) is 0 Å². The van der Waals surface area contributed by atoms with Gasteiger partial charge in [0, 0.05) is 11.1 Å². The maximum absolute atomic E-state index is 6.92. The van der Waals surface area contributed by atoms with Gasteiger partial charge in [-0.3, -0.25) is 0 Å². The number of hydrogen-bond acceptors (Lipinski definition) is 3. The number of hydrogen-bond donors (Lipinski definition) is 0. The monoisotopic (exact) mass is 332 g/mol. The van der Waals surface area contributed by atoms with Gasteiger partial charge in [0.1, 0.15) is 25.5 Å². The minimum atomic E-state index is -1.78. The second-order valence-corrected chi connectivity index (χ2v) is 7.21. The Morgan fingerprint density at radius 3 is 1.68 bits per heavy atom. The molecule has 0 N–H and O–H groups in total. The zero-order valence-electron chi connectivity index (χ0n) is 13.9. The molecule has 0 aliphatic carbocycles. The molecule has 0 amide bonds. The Kier molecular flexibility index (Phi) is 2.63. The normalized spacial score (nSPS) is 31.7. The van der Waals surface area contributed by atoms with Crippen LogP contribution >= 0.6 is 0 Å². The van der Waals surface area contributed by atoms with Crippen molar-refractivity contribution in [1.29, 1.82) is 0 Å². The van der Waals surface area contributed by atoms with Gasteiger partial charge in [-0.25, -0.2) is 0 Å². The molecule has 6 rings (SSSR count). The van der Waals surface area contributed by atoms with E-state index in [4.69, 9.17) is 13.9 Å². The van der Waals surface area contributed by atoms with Crippen molar-refractivity contribution >= 4 is 36.7 Å². The van der Waals surface area contributed by atoms with Gasteiger partial charge in [0.15, 0.2) is 0 Å². The molecule has 0 aromatic heterocycles. The molecule has 4 heterocycles. The fraction of sp³-hybridized carbons (Fsp3) is 0.222. The van der Waals surface area contributed by atoms with Gasteiger partial charge >= 0.3 is 13.4 Å². The highest BCUT2D eigenvalue weighted by Gasteiger charge is 2.61. The van der Waals surface area contributed by atoms with Crippen LogP contribution in [0.4, 0.5) is 0 Å². The summed E-state index contributed by atoms with van der Waals surface area (Å²) >= 11 is 0. The quantitative estimate of drug-likeness (QED) is 0.619. The largest absolute Gasteiger partial charge is 0.642 e. The summed E-state index contributed by atoms with van der Waals surface area (Å²) in [7, 11) is 0. The standard InChI is InChI=1S/C18H18B2N2O3/c1-3-7-17-15(5-1)13-21-9-11-24-20(21)18-8-4-2-6-16(18)14-22-10-12-23-19(17,22)25-20/h1-8,13-14H,9-12H2. The minimum Gasteiger partial charge on any atom is -0.642 e. The van der Waals surface area contributed by atoms with Gasteiger partial charge in [-0.2, -0.15) is 0 Å². The Bertz CT molecular complexity index is 899. The molecule has 5 nitrogen and oxygen atoms in total. The van der Waals surface area contributed by atoms with Gasteiger partial charge in [0.05, 0.1) is 13.2 Å². The minimum absolute atomic E-state index is 0.652. The van der Waals surface area contributed by atoms with E-state index in [9.17, 15) is 0 Å². The van der Waals surface area contributed by atoms with Gasteiger partial charge in [0.2, 0.25) is 0 Å². The Labute approximate surface area is 146 Å². The maximum Gasteiger partial charge on any atom is 0.536 e. The van der Waals surface area contributed by atoms with Crippen LogP contribution in [0.5, 0.6) is 0 Å². The third-order valence-electron chi connectivity index (χ3n) is 6.02. The molecule has 2 saturated heterocycles. The predicted octanol–water partition coefficient (Wildman–Crippen LogP) is -0.354. The van der Waals surface area contributed by atoms with Crippen LogP contribution in [0.25, 0.3) is 0 Å². The van der Waals surface area contributed by atoms with Crippen molar-refractivity contribution in [1.82, 2.24) is 0 Å². The third kappa shape index (κ3) is 1.66. The summed E-state index contributed by atoms with van der Waals surface area (Å²) in [6, 6.07) is 16.8. The van der Waals surface area contributed by atoms with Crippen molar-refractivity contribution < 1.29 is 22.9 Å². The summed E-state index contributed by atoms with van der Waals surface area (Å²) in [6.07, 6.45) is 4.39. The number of rotatable bonds is 0. The van der Waals surface area contributed by atoms with Crippen LogP contribution in [0.2, 0.25) is 0 Å². The van der Waals surface area contributed by atoms with E-state index in [1.54, 1.807) is 0 Å². The first kappa shape index (κ1) is 14.0. The zero-order chi connectivity index (χ0) is 16.5. The Balaban J connectivity index is 1.76. The fourth-order valence-corrected chi connectivity index (χ4v) is 4.94. The van der Waals surface area contributed by atoms with Gasteiger partial charge in [0.25, 0.3) is 0 Å². The highest BCUT2D eigenvalue weighted by atomic mass is 16.7. The summed E-state index contributed by atoms with van der Waals surface area (Å²) in [5, 5.41) is 0. The Morgan fingerprint density at radius 1 is 0.680 bits per heavy atom. The van der Waals surface area contributed by atoms with Crippen molar-refractivity contribution in [2.45, 2.75) is 0 Å². The average Bonchev–Trinajstić information content (AvgIpc) is 3.16. The summed E-state index contributed by atoms with van der Waals surface area (Å²) in [5.74, 6) is 0. The lowest BCUT2D eigenvalue weighted by Gasteiger charge is -2.41. The fourth-order valence-electron chi connectivity index (χ4n) is 4.94. The number of benzene rings is 2. The summed E-state index contributed by atoms with van der Waals surface area (Å²) in [4.78, 5) is 0. The molecular weight excluding hydrogens is 314 g/mol. The molecule has 2 aromatic carbocycles. The topological polar surface area (TPSA) is 33.7 Å². The molecule has 2 atom stereocenters. The van der Waals surface area contributed by atoms with Crippen LogP contribution in [0, 0.1) is 0 Å². The molecule has 0 saturated carbocycles. The summed E-state index contributed by atoms with van der Waals surface area (Å²) < 4.78 is 24.1. The molecule has 4 aliphatic heterocycles. The first-order valence-electron chi connectivity index (χ1n) is 8.99. The van der Waals surface area contributed by atoms with Gasteiger partial charge < -0.3 is 22.9 Å². The number of nitrogens with zero attached hydrogens (tertiary/aromatic N) is 2. The van der Waals surface area contributed by atoms with E-state index in [1.165, 1.54) is 0 Å². The molecule has 0 radical (unpaired) electrons. The van der Waals surface area contributed by atoms with Crippen molar-refractivity contribution in [2.24, 2.45) is 0 Å². The smallest absolute Gasteiger partial charge is 0.536 e. The van der Waals surface area contributed by atoms with Crippen LogP contribution in [0.3, 0.4) is 0 Å².